The maximum absolute atomic E-state index is 12.8. The highest BCUT2D eigenvalue weighted by Crippen LogP contribution is 2.29. The Morgan fingerprint density at radius 3 is 2.41 bits per heavy atom. The number of sulfonamides is 1. The van der Waals surface area contributed by atoms with Crippen molar-refractivity contribution in [2.24, 2.45) is 10.2 Å². The fraction of sp³-hybridized carbons (Fsp3) is 0.111. The number of nitrogens with zero attached hydrogens (tertiary/aromatic N) is 2. The van der Waals surface area contributed by atoms with Gasteiger partial charge in [-0.3, -0.25) is 4.79 Å². The second-order valence-corrected chi connectivity index (χ2v) is 8.21. The second kappa shape index (κ2) is 7.26. The van der Waals surface area contributed by atoms with Crippen molar-refractivity contribution in [1.82, 2.24) is 0 Å². The number of primary sulfonamides is 1. The monoisotopic (exact) mass is 449 g/mol. The number of methoxy groups -OCH3 is 1. The third-order valence-corrected chi connectivity index (χ3v) is 5.51. The van der Waals surface area contributed by atoms with Crippen molar-refractivity contribution >= 4 is 49.3 Å². The van der Waals surface area contributed by atoms with E-state index in [1.54, 1.807) is 26.2 Å². The van der Waals surface area contributed by atoms with Crippen molar-refractivity contribution in [1.29, 1.82) is 0 Å². The average Bonchev–Trinajstić information content (AvgIpc) is 2.89. The molecule has 0 spiro atoms. The Morgan fingerprint density at radius 2 is 1.85 bits per heavy atom. The summed E-state index contributed by atoms with van der Waals surface area (Å²) in [6.45, 7) is 1.74. The fourth-order valence-electron chi connectivity index (χ4n) is 2.58. The molecule has 2 N–H and O–H groups in total. The number of anilines is 1. The van der Waals surface area contributed by atoms with Gasteiger partial charge in [0.15, 0.2) is 0 Å². The Kier molecular flexibility index (Phi) is 5.18. The molecule has 0 aliphatic carbocycles. The zero-order valence-corrected chi connectivity index (χ0v) is 16.9. The van der Waals surface area contributed by atoms with Crippen molar-refractivity contribution in [2.75, 3.05) is 12.1 Å². The van der Waals surface area contributed by atoms with Crippen LogP contribution in [0.2, 0.25) is 0 Å². The number of amides is 1. The van der Waals surface area contributed by atoms with Crippen LogP contribution in [0.25, 0.3) is 6.08 Å². The topological polar surface area (TPSA) is 102 Å². The zero-order valence-electron chi connectivity index (χ0n) is 14.5. The second-order valence-electron chi connectivity index (χ2n) is 5.79. The first-order valence-corrected chi connectivity index (χ1v) is 10.1. The summed E-state index contributed by atoms with van der Waals surface area (Å²) in [5.74, 6) is 0.389. The van der Waals surface area contributed by atoms with Crippen molar-refractivity contribution in [3.63, 3.8) is 0 Å². The lowest BCUT2D eigenvalue weighted by atomic mass is 10.1. The number of halogens is 1. The zero-order chi connectivity index (χ0) is 19.8. The van der Waals surface area contributed by atoms with E-state index in [1.807, 2.05) is 12.1 Å². The number of ether oxygens (including phenoxy) is 1. The van der Waals surface area contributed by atoms with Gasteiger partial charge in [0.25, 0.3) is 5.91 Å². The summed E-state index contributed by atoms with van der Waals surface area (Å²) < 4.78 is 28.7. The van der Waals surface area contributed by atoms with Gasteiger partial charge in [0.1, 0.15) is 5.75 Å². The van der Waals surface area contributed by atoms with Gasteiger partial charge in [-0.05, 0) is 70.9 Å². The van der Waals surface area contributed by atoms with Crippen LogP contribution >= 0.6 is 15.9 Å². The SMILES string of the molecule is COc1ccc(/C=C2\C(=O)N(c3ccc(S(N)(=O)=O)cc3)N=C2C)cc1Br. The highest BCUT2D eigenvalue weighted by atomic mass is 79.9. The van der Waals surface area contributed by atoms with E-state index in [4.69, 9.17) is 9.88 Å². The molecule has 140 valence electrons. The van der Waals surface area contributed by atoms with Crippen LogP contribution < -0.4 is 14.9 Å². The number of rotatable bonds is 4. The first kappa shape index (κ1) is 19.3. The van der Waals surface area contributed by atoms with Crippen molar-refractivity contribution < 1.29 is 17.9 Å². The van der Waals surface area contributed by atoms with E-state index in [1.165, 1.54) is 29.3 Å². The molecule has 0 unspecified atom stereocenters. The largest absolute Gasteiger partial charge is 0.496 e. The highest BCUT2D eigenvalue weighted by Gasteiger charge is 2.28. The number of carbonyl (C=O) groups excluding carboxylic acids is 1. The van der Waals surface area contributed by atoms with Gasteiger partial charge in [0.2, 0.25) is 10.0 Å². The van der Waals surface area contributed by atoms with Gasteiger partial charge in [0, 0.05) is 0 Å². The van der Waals surface area contributed by atoms with E-state index < -0.39 is 10.0 Å². The molecule has 7 nitrogen and oxygen atoms in total. The quantitative estimate of drug-likeness (QED) is 0.724. The summed E-state index contributed by atoms with van der Waals surface area (Å²) in [5, 5.41) is 10.6. The van der Waals surface area contributed by atoms with Crippen LogP contribution in [-0.2, 0) is 14.8 Å². The van der Waals surface area contributed by atoms with E-state index in [2.05, 4.69) is 21.0 Å². The Hall–Kier alpha value is -2.49. The average molecular weight is 450 g/mol. The standard InChI is InChI=1S/C18H16BrN3O4S/c1-11-15(9-12-3-8-17(26-2)16(19)10-12)18(23)22(21-11)13-4-6-14(7-5-13)27(20,24)25/h3-10H,1-2H3,(H2,20,24,25)/b15-9-. The fourth-order valence-corrected chi connectivity index (χ4v) is 3.65. The van der Waals surface area contributed by atoms with Crippen LogP contribution in [-0.4, -0.2) is 27.1 Å². The van der Waals surface area contributed by atoms with E-state index in [9.17, 15) is 13.2 Å². The molecule has 1 amide bonds. The molecule has 9 heteroatoms. The summed E-state index contributed by atoms with van der Waals surface area (Å²) >= 11 is 3.42. The normalized spacial score (nSPS) is 16.0. The first-order valence-electron chi connectivity index (χ1n) is 7.79. The molecule has 27 heavy (non-hydrogen) atoms. The molecular formula is C18H16BrN3O4S. The maximum atomic E-state index is 12.8. The van der Waals surface area contributed by atoms with Crippen molar-refractivity contribution in [3.05, 3.63) is 58.1 Å². The molecule has 1 aliphatic heterocycles. The third-order valence-electron chi connectivity index (χ3n) is 3.96. The minimum absolute atomic E-state index is 0.0301. The van der Waals surface area contributed by atoms with Crippen LogP contribution in [0.1, 0.15) is 12.5 Å². The molecule has 0 fully saturated rings. The smallest absolute Gasteiger partial charge is 0.280 e. The molecule has 2 aromatic carbocycles. The number of hydrazone groups is 1. The molecule has 0 saturated heterocycles. The Bertz CT molecular complexity index is 1080. The van der Waals surface area contributed by atoms with E-state index in [-0.39, 0.29) is 10.8 Å². The number of nitrogens with two attached hydrogens (primary N) is 1. The van der Waals surface area contributed by atoms with Gasteiger partial charge < -0.3 is 4.74 Å². The molecule has 2 aromatic rings. The summed E-state index contributed by atoms with van der Waals surface area (Å²) in [7, 11) is -2.22. The molecule has 0 atom stereocenters. The minimum Gasteiger partial charge on any atom is -0.496 e. The lowest BCUT2D eigenvalue weighted by Gasteiger charge is -2.12. The molecular weight excluding hydrogens is 434 g/mol. The summed E-state index contributed by atoms with van der Waals surface area (Å²) in [5.41, 5.74) is 2.27. The summed E-state index contributed by atoms with van der Waals surface area (Å²) in [4.78, 5) is 12.7. The van der Waals surface area contributed by atoms with Crippen LogP contribution in [0, 0.1) is 0 Å². The van der Waals surface area contributed by atoms with Crippen molar-refractivity contribution in [3.8, 4) is 5.75 Å². The van der Waals surface area contributed by atoms with Gasteiger partial charge in [-0.15, -0.1) is 0 Å². The predicted molar refractivity (Wildman–Crippen MR) is 107 cm³/mol. The number of carbonyl (C=O) groups is 1. The summed E-state index contributed by atoms with van der Waals surface area (Å²) in [6, 6.07) is 11.1. The van der Waals surface area contributed by atoms with Gasteiger partial charge in [-0.25, -0.2) is 13.6 Å². The number of hydrogen-bond acceptors (Lipinski definition) is 5. The van der Waals surface area contributed by atoms with Crippen molar-refractivity contribution in [2.45, 2.75) is 11.8 Å². The lowest BCUT2D eigenvalue weighted by molar-refractivity contribution is -0.114. The first-order chi connectivity index (χ1) is 12.7. The number of hydrogen-bond donors (Lipinski definition) is 1. The van der Waals surface area contributed by atoms with Crippen LogP contribution in [0.3, 0.4) is 0 Å². The van der Waals surface area contributed by atoms with Gasteiger partial charge in [-0.1, -0.05) is 6.07 Å². The molecule has 1 aliphatic rings. The molecule has 0 bridgehead atoms. The molecule has 0 radical (unpaired) electrons. The van der Waals surface area contributed by atoms with E-state index >= 15 is 0 Å². The third kappa shape index (κ3) is 3.95. The van der Waals surface area contributed by atoms with Crippen LogP contribution in [0.4, 0.5) is 5.69 Å². The number of benzene rings is 2. The molecule has 3 rings (SSSR count). The molecule has 0 aromatic heterocycles. The van der Waals surface area contributed by atoms with Gasteiger partial charge in [-0.2, -0.15) is 10.1 Å². The van der Waals surface area contributed by atoms with E-state index in [0.29, 0.717) is 22.7 Å². The van der Waals surface area contributed by atoms with Gasteiger partial charge in [0.05, 0.1) is 33.5 Å². The summed E-state index contributed by atoms with van der Waals surface area (Å²) in [6.07, 6.45) is 1.74. The highest BCUT2D eigenvalue weighted by molar-refractivity contribution is 9.10. The van der Waals surface area contributed by atoms with Crippen LogP contribution in [0.15, 0.2) is 62.5 Å². The molecule has 1 heterocycles. The molecule has 0 saturated carbocycles. The lowest BCUT2D eigenvalue weighted by Crippen LogP contribution is -2.21. The predicted octanol–water partition coefficient (Wildman–Crippen LogP) is 2.91. The Labute approximate surface area is 165 Å². The van der Waals surface area contributed by atoms with E-state index in [0.717, 1.165) is 10.0 Å². The minimum atomic E-state index is -3.79. The maximum Gasteiger partial charge on any atom is 0.280 e. The van der Waals surface area contributed by atoms with Crippen LogP contribution in [0.5, 0.6) is 5.75 Å². The Morgan fingerprint density at radius 1 is 1.19 bits per heavy atom. The Balaban J connectivity index is 1.91. The van der Waals surface area contributed by atoms with Gasteiger partial charge >= 0.3 is 0 Å².